The average molecular weight is 712 g/mol. The Labute approximate surface area is 259 Å². The number of aliphatic hydroxyl groups excluding tert-OH is 1. The highest BCUT2D eigenvalue weighted by Gasteiger charge is 2.55. The number of halogens is 2. The lowest BCUT2D eigenvalue weighted by Crippen LogP contribution is -2.46. The highest BCUT2D eigenvalue weighted by Crippen LogP contribution is 2.50. The van der Waals surface area contributed by atoms with Gasteiger partial charge in [-0.15, -0.1) is 0 Å². The molecule has 1 aromatic heterocycles. The number of hydrogen-bond donors (Lipinski definition) is 4. The van der Waals surface area contributed by atoms with Gasteiger partial charge in [0.25, 0.3) is 5.56 Å². The number of nitrogens with zero attached hydrogens (tertiary/aromatic N) is 1. The van der Waals surface area contributed by atoms with E-state index in [-0.39, 0.29) is 18.3 Å². The Bertz CT molecular complexity index is 1420. The minimum absolute atomic E-state index is 0.183. The van der Waals surface area contributed by atoms with Gasteiger partial charge in [-0.05, 0) is 25.0 Å². The second-order valence-electron chi connectivity index (χ2n) is 9.88. The van der Waals surface area contributed by atoms with Crippen LogP contribution >= 0.6 is 35.3 Å². The highest BCUT2D eigenvalue weighted by atomic mass is 79.9. The Hall–Kier alpha value is -2.72. The molecule has 1 aliphatic heterocycles. The van der Waals surface area contributed by atoms with Gasteiger partial charge in [-0.1, -0.05) is 59.6 Å². The van der Waals surface area contributed by atoms with Crippen LogP contribution in [0.2, 0.25) is 0 Å². The summed E-state index contributed by atoms with van der Waals surface area (Å²) in [7, 11) is -3.09. The van der Waals surface area contributed by atoms with Crippen molar-refractivity contribution in [3.8, 4) is 5.75 Å². The van der Waals surface area contributed by atoms with Crippen LogP contribution in [0.15, 0.2) is 52.2 Å². The fourth-order valence-electron chi connectivity index (χ4n) is 3.89. The average Bonchev–Trinajstić information content (AvgIpc) is 3.17. The fraction of sp³-hybridized carbons (Fsp3) is 0.520. The second kappa shape index (κ2) is 14.8. The van der Waals surface area contributed by atoms with Gasteiger partial charge in [-0.25, -0.2) is 24.0 Å². The molecule has 2 heterocycles. The third-order valence-corrected chi connectivity index (χ3v) is 9.06. The molecule has 1 saturated heterocycles. The van der Waals surface area contributed by atoms with Crippen LogP contribution in [0.5, 0.6) is 5.75 Å². The van der Waals surface area contributed by atoms with Gasteiger partial charge in [-0.2, -0.15) is 0 Å². The van der Waals surface area contributed by atoms with Gasteiger partial charge in [0.15, 0.2) is 10.0 Å². The van der Waals surface area contributed by atoms with Crippen molar-refractivity contribution in [3.05, 3.63) is 63.4 Å². The van der Waals surface area contributed by atoms with E-state index in [4.69, 9.17) is 30.1 Å². The van der Waals surface area contributed by atoms with E-state index in [9.17, 15) is 28.8 Å². The van der Waals surface area contributed by atoms with Crippen LogP contribution in [-0.4, -0.2) is 75.1 Å². The van der Waals surface area contributed by atoms with Crippen molar-refractivity contribution in [1.82, 2.24) is 20.0 Å². The van der Waals surface area contributed by atoms with Crippen LogP contribution in [0, 0.1) is 5.92 Å². The number of aromatic amines is 1. The summed E-state index contributed by atoms with van der Waals surface area (Å²) in [6.45, 7) is 4.15. The van der Waals surface area contributed by atoms with E-state index in [0.29, 0.717) is 0 Å². The SMILES string of the molecule is COC(=O)N[C@H](C(=O)OC[C@H](C)NP(=O)(OC[C@H]1O[C@@H](n2ccc(=O)[nH]c2=O)[C@](Cl)(Br)[C@@H]1O)Oc1ccccc1)C(C)C. The smallest absolute Gasteiger partial charge is 0.459 e. The molecule has 7 atom stereocenters. The third kappa shape index (κ3) is 9.14. The molecule has 2 aromatic rings. The van der Waals surface area contributed by atoms with Crippen molar-refractivity contribution >= 4 is 47.3 Å². The molecule has 1 unspecified atom stereocenters. The number of aliphatic hydroxyl groups is 1. The molecular formula is C25H33BrClN4O11P. The molecule has 15 nitrogen and oxygen atoms in total. The van der Waals surface area contributed by atoms with Crippen LogP contribution in [-0.2, 0) is 28.1 Å². The van der Waals surface area contributed by atoms with Crippen LogP contribution in [0.4, 0.5) is 4.79 Å². The molecule has 18 heteroatoms. The summed E-state index contributed by atoms with van der Waals surface area (Å²) in [5.74, 6) is -0.874. The predicted molar refractivity (Wildman–Crippen MR) is 157 cm³/mol. The molecule has 43 heavy (non-hydrogen) atoms. The number of hydrogen-bond acceptors (Lipinski definition) is 11. The number of amides is 1. The maximum atomic E-state index is 13.9. The Morgan fingerprint density at radius 2 is 1.91 bits per heavy atom. The number of benzene rings is 1. The van der Waals surface area contributed by atoms with Gasteiger partial charge in [0, 0.05) is 18.3 Å². The van der Waals surface area contributed by atoms with E-state index < -0.39 is 72.0 Å². The molecule has 238 valence electrons. The molecular weight excluding hydrogens is 679 g/mol. The lowest BCUT2D eigenvalue weighted by Gasteiger charge is -2.26. The minimum atomic E-state index is -4.25. The summed E-state index contributed by atoms with van der Waals surface area (Å²) in [5.41, 5.74) is -1.47. The van der Waals surface area contributed by atoms with E-state index in [0.717, 1.165) is 16.8 Å². The maximum Gasteiger partial charge on any atom is 0.459 e. The van der Waals surface area contributed by atoms with Crippen molar-refractivity contribution in [2.75, 3.05) is 20.3 Å². The number of carbonyl (C=O) groups excluding carboxylic acids is 2. The lowest BCUT2D eigenvalue weighted by atomic mass is 10.1. The number of carbonyl (C=O) groups is 2. The number of aromatic nitrogens is 2. The zero-order valence-corrected chi connectivity index (χ0v) is 26.8. The first-order chi connectivity index (χ1) is 20.2. The molecule has 3 rings (SSSR count). The summed E-state index contributed by atoms with van der Waals surface area (Å²) in [4.78, 5) is 50.1. The van der Waals surface area contributed by atoms with Gasteiger partial charge in [0.1, 0.15) is 30.6 Å². The summed E-state index contributed by atoms with van der Waals surface area (Å²) in [6, 6.07) is 7.38. The molecule has 1 aliphatic rings. The number of methoxy groups -OCH3 is 1. The number of esters is 1. The molecule has 1 amide bonds. The van der Waals surface area contributed by atoms with E-state index >= 15 is 0 Å². The summed E-state index contributed by atoms with van der Waals surface area (Å²) in [5, 5.41) is 15.9. The second-order valence-corrected chi connectivity index (χ2v) is 14.0. The summed E-state index contributed by atoms with van der Waals surface area (Å²) >= 11 is 9.66. The van der Waals surface area contributed by atoms with Gasteiger partial charge < -0.3 is 29.2 Å². The monoisotopic (exact) mass is 710 g/mol. The standard InChI is InChI=1S/C25H33BrClN4O11P/c1-14(2)19(29-24(36)38-4)21(34)39-12-15(3)30-43(37,42-16-8-6-5-7-9-16)40-13-17-20(33)25(26,27)22(41-17)31-11-10-18(32)28-23(31)35/h5-11,14-15,17,19-20,22,33H,12-13H2,1-4H3,(H,29,36)(H,30,37)(H,28,32,35)/t15-,17+,19-,20+,22+,25-,43?/m0/s1. The first-order valence-corrected chi connectivity index (χ1v) is 15.7. The number of rotatable bonds is 13. The third-order valence-electron chi connectivity index (χ3n) is 6.09. The van der Waals surface area contributed by atoms with Gasteiger partial charge in [0.05, 0.1) is 13.7 Å². The van der Waals surface area contributed by atoms with Crippen molar-refractivity contribution in [2.24, 2.45) is 5.92 Å². The largest absolute Gasteiger partial charge is 0.462 e. The first-order valence-electron chi connectivity index (χ1n) is 13.0. The molecule has 1 aromatic carbocycles. The maximum absolute atomic E-state index is 13.9. The summed E-state index contributed by atoms with van der Waals surface area (Å²) < 4.78 is 40.1. The van der Waals surface area contributed by atoms with Gasteiger partial charge in [0.2, 0.25) is 0 Å². The molecule has 0 aliphatic carbocycles. The van der Waals surface area contributed by atoms with E-state index in [1.165, 1.54) is 19.2 Å². The van der Waals surface area contributed by atoms with Crippen LogP contribution in [0.3, 0.4) is 0 Å². The minimum Gasteiger partial charge on any atom is -0.462 e. The van der Waals surface area contributed by atoms with Gasteiger partial charge in [-0.3, -0.25) is 18.9 Å². The zero-order chi connectivity index (χ0) is 31.9. The number of H-pyrrole nitrogens is 1. The first kappa shape index (κ1) is 34.8. The highest BCUT2D eigenvalue weighted by molar-refractivity contribution is 9.10. The number of nitrogens with one attached hydrogen (secondary N) is 3. The van der Waals surface area contributed by atoms with Gasteiger partial charge >= 0.3 is 25.5 Å². The Balaban J connectivity index is 1.73. The molecule has 1 fully saturated rings. The molecule has 4 N–H and O–H groups in total. The van der Waals surface area contributed by atoms with E-state index in [1.54, 1.807) is 39.0 Å². The van der Waals surface area contributed by atoms with E-state index in [1.807, 2.05) is 0 Å². The van der Waals surface area contributed by atoms with Crippen LogP contribution in [0.25, 0.3) is 0 Å². The number of alkyl carbamates (subject to hydrolysis) is 1. The Kier molecular flexibility index (Phi) is 12.0. The van der Waals surface area contributed by atoms with Crippen LogP contribution in [0.1, 0.15) is 27.0 Å². The van der Waals surface area contributed by atoms with Crippen molar-refractivity contribution in [1.29, 1.82) is 0 Å². The van der Waals surface area contributed by atoms with Crippen LogP contribution < -0.4 is 26.2 Å². The number of alkyl halides is 2. The number of para-hydroxylation sites is 1. The fourth-order valence-corrected chi connectivity index (χ4v) is 6.34. The molecule has 0 spiro atoms. The molecule has 0 radical (unpaired) electrons. The van der Waals surface area contributed by atoms with Crippen molar-refractivity contribution in [2.45, 2.75) is 55.1 Å². The van der Waals surface area contributed by atoms with Crippen molar-refractivity contribution < 1.29 is 42.5 Å². The Morgan fingerprint density at radius 3 is 2.51 bits per heavy atom. The topological polar surface area (TPSA) is 197 Å². The van der Waals surface area contributed by atoms with E-state index in [2.05, 4.69) is 36.1 Å². The predicted octanol–water partition coefficient (Wildman–Crippen LogP) is 2.23. The normalized spacial score (nSPS) is 24.5. The molecule has 0 saturated carbocycles. The number of ether oxygens (including phenoxy) is 3. The Morgan fingerprint density at radius 1 is 1.23 bits per heavy atom. The lowest BCUT2D eigenvalue weighted by molar-refractivity contribution is -0.147. The zero-order valence-electron chi connectivity index (χ0n) is 23.6. The molecule has 0 bridgehead atoms. The summed E-state index contributed by atoms with van der Waals surface area (Å²) in [6.07, 6.45) is -3.66. The van der Waals surface area contributed by atoms with Crippen molar-refractivity contribution in [3.63, 3.8) is 0 Å². The quantitative estimate of drug-likeness (QED) is 0.135.